The Balaban J connectivity index is 2.46. The molecule has 0 saturated carbocycles. The van der Waals surface area contributed by atoms with Crippen LogP contribution < -0.4 is 0 Å². The Morgan fingerprint density at radius 2 is 2.25 bits per heavy atom. The second-order valence-corrected chi connectivity index (χ2v) is 4.65. The van der Waals surface area contributed by atoms with Crippen LogP contribution in [0.5, 0.6) is 0 Å². The molecule has 1 unspecified atom stereocenters. The van der Waals surface area contributed by atoms with E-state index in [1.165, 1.54) is 11.3 Å². The van der Waals surface area contributed by atoms with Gasteiger partial charge in [0, 0.05) is 6.42 Å². The molecule has 3 heteroatoms. The standard InChI is InChI=1S/C9H11NOS/c1-5-3-7-9(8(11)4-5)12-6(2)10-7/h5H,3-4H2,1-2H3. The Labute approximate surface area is 75.6 Å². The lowest BCUT2D eigenvalue weighted by molar-refractivity contribution is 0.0957. The number of nitrogens with zero attached hydrogens (tertiary/aromatic N) is 1. The lowest BCUT2D eigenvalue weighted by atomic mass is 9.92. The summed E-state index contributed by atoms with van der Waals surface area (Å²) in [6.45, 7) is 4.07. The van der Waals surface area contributed by atoms with Gasteiger partial charge in [0.05, 0.1) is 15.6 Å². The summed E-state index contributed by atoms with van der Waals surface area (Å²) in [5.41, 5.74) is 1.03. The highest BCUT2D eigenvalue weighted by atomic mass is 32.1. The quantitative estimate of drug-likeness (QED) is 0.614. The van der Waals surface area contributed by atoms with Crippen LogP contribution in [-0.2, 0) is 6.42 Å². The summed E-state index contributed by atoms with van der Waals surface area (Å²) in [4.78, 5) is 16.7. The van der Waals surface area contributed by atoms with Gasteiger partial charge in [-0.15, -0.1) is 11.3 Å². The van der Waals surface area contributed by atoms with Crippen LogP contribution in [0.4, 0.5) is 0 Å². The highest BCUT2D eigenvalue weighted by molar-refractivity contribution is 7.13. The van der Waals surface area contributed by atoms with Gasteiger partial charge < -0.3 is 0 Å². The maximum absolute atomic E-state index is 11.5. The van der Waals surface area contributed by atoms with E-state index in [2.05, 4.69) is 11.9 Å². The normalized spacial score (nSPS) is 22.5. The fraction of sp³-hybridized carbons (Fsp3) is 0.556. The van der Waals surface area contributed by atoms with Gasteiger partial charge in [-0.2, -0.15) is 0 Å². The lowest BCUT2D eigenvalue weighted by Crippen LogP contribution is -2.16. The molecule has 0 aromatic carbocycles. The summed E-state index contributed by atoms with van der Waals surface area (Å²) >= 11 is 1.54. The van der Waals surface area contributed by atoms with E-state index >= 15 is 0 Å². The van der Waals surface area contributed by atoms with Crippen LogP contribution >= 0.6 is 11.3 Å². The highest BCUT2D eigenvalue weighted by Gasteiger charge is 2.25. The molecule has 1 atom stereocenters. The van der Waals surface area contributed by atoms with Gasteiger partial charge in [-0.25, -0.2) is 4.98 Å². The molecule has 0 aliphatic heterocycles. The molecule has 1 heterocycles. The number of carbonyl (C=O) groups is 1. The van der Waals surface area contributed by atoms with Gasteiger partial charge >= 0.3 is 0 Å². The number of rotatable bonds is 0. The Morgan fingerprint density at radius 1 is 1.50 bits per heavy atom. The Hall–Kier alpha value is -0.700. The molecule has 0 bridgehead atoms. The number of aryl methyl sites for hydroxylation is 1. The number of aromatic nitrogens is 1. The molecule has 2 nitrogen and oxygen atoms in total. The van der Waals surface area contributed by atoms with Gasteiger partial charge in [0.15, 0.2) is 5.78 Å². The Bertz CT molecular complexity index is 329. The molecule has 0 amide bonds. The molecule has 64 valence electrons. The molecular formula is C9H11NOS. The van der Waals surface area contributed by atoms with Crippen molar-refractivity contribution in [2.45, 2.75) is 26.7 Å². The average Bonchev–Trinajstić information content (AvgIpc) is 2.29. The summed E-state index contributed by atoms with van der Waals surface area (Å²) < 4.78 is 0. The smallest absolute Gasteiger partial charge is 0.174 e. The van der Waals surface area contributed by atoms with Crippen LogP contribution in [0.1, 0.15) is 33.7 Å². The Kier molecular flexibility index (Phi) is 1.76. The van der Waals surface area contributed by atoms with Crippen LogP contribution in [0.2, 0.25) is 0 Å². The van der Waals surface area contributed by atoms with Crippen molar-refractivity contribution in [3.8, 4) is 0 Å². The van der Waals surface area contributed by atoms with Crippen molar-refractivity contribution in [1.82, 2.24) is 4.98 Å². The molecule has 0 fully saturated rings. The summed E-state index contributed by atoms with van der Waals surface area (Å²) in [7, 11) is 0. The molecule has 12 heavy (non-hydrogen) atoms. The number of fused-ring (bicyclic) bond motifs is 1. The van der Waals surface area contributed by atoms with E-state index in [9.17, 15) is 4.79 Å². The molecule has 1 aliphatic carbocycles. The van der Waals surface area contributed by atoms with Crippen LogP contribution in [-0.4, -0.2) is 10.8 Å². The molecule has 1 aromatic heterocycles. The zero-order valence-corrected chi connectivity index (χ0v) is 8.07. The van der Waals surface area contributed by atoms with Crippen molar-refractivity contribution in [3.63, 3.8) is 0 Å². The first-order chi connectivity index (χ1) is 5.66. The van der Waals surface area contributed by atoms with Gasteiger partial charge in [0.25, 0.3) is 0 Å². The second-order valence-electron chi connectivity index (χ2n) is 3.45. The number of hydrogen-bond acceptors (Lipinski definition) is 3. The molecule has 0 saturated heterocycles. The third-order valence-electron chi connectivity index (χ3n) is 2.13. The lowest BCUT2D eigenvalue weighted by Gasteiger charge is -2.14. The SMILES string of the molecule is Cc1nc2c(s1)C(=O)CC(C)C2. The minimum Gasteiger partial charge on any atom is -0.293 e. The van der Waals surface area contributed by atoms with Crippen LogP contribution in [0, 0.1) is 12.8 Å². The first kappa shape index (κ1) is 7.92. The minimum atomic E-state index is 0.286. The molecule has 0 spiro atoms. The van der Waals surface area contributed by atoms with E-state index in [-0.39, 0.29) is 5.78 Å². The summed E-state index contributed by atoms with van der Waals surface area (Å²) in [5.74, 6) is 0.765. The third kappa shape index (κ3) is 1.18. The second kappa shape index (κ2) is 2.66. The summed E-state index contributed by atoms with van der Waals surface area (Å²) in [6, 6.07) is 0. The minimum absolute atomic E-state index is 0.286. The zero-order chi connectivity index (χ0) is 8.72. The van der Waals surface area contributed by atoms with Crippen LogP contribution in [0.25, 0.3) is 0 Å². The van der Waals surface area contributed by atoms with Gasteiger partial charge in [0.1, 0.15) is 0 Å². The molecule has 2 rings (SSSR count). The predicted octanol–water partition coefficient (Wildman–Crippen LogP) is 2.22. The molecule has 0 radical (unpaired) electrons. The summed E-state index contributed by atoms with van der Waals surface area (Å²) in [5, 5.41) is 1.02. The van der Waals surface area contributed by atoms with Crippen molar-refractivity contribution in [3.05, 3.63) is 15.6 Å². The number of carbonyl (C=O) groups excluding carboxylic acids is 1. The zero-order valence-electron chi connectivity index (χ0n) is 7.26. The molecular weight excluding hydrogens is 170 g/mol. The molecule has 0 N–H and O–H groups in total. The van der Waals surface area contributed by atoms with E-state index in [0.29, 0.717) is 12.3 Å². The van der Waals surface area contributed by atoms with Gasteiger partial charge in [-0.1, -0.05) is 6.92 Å². The fourth-order valence-electron chi connectivity index (χ4n) is 1.64. The van der Waals surface area contributed by atoms with Crippen molar-refractivity contribution in [1.29, 1.82) is 0 Å². The molecule has 1 aliphatic rings. The summed E-state index contributed by atoms with van der Waals surface area (Å²) in [6.07, 6.45) is 1.68. The van der Waals surface area contributed by atoms with E-state index in [4.69, 9.17) is 0 Å². The van der Waals surface area contributed by atoms with E-state index in [1.54, 1.807) is 0 Å². The van der Waals surface area contributed by atoms with Gasteiger partial charge in [0.2, 0.25) is 0 Å². The van der Waals surface area contributed by atoms with E-state index in [0.717, 1.165) is 22.0 Å². The number of thiazole rings is 1. The van der Waals surface area contributed by atoms with E-state index < -0.39 is 0 Å². The first-order valence-corrected chi connectivity index (χ1v) is 4.98. The van der Waals surface area contributed by atoms with Crippen molar-refractivity contribution in [2.24, 2.45) is 5.92 Å². The Morgan fingerprint density at radius 3 is 3.00 bits per heavy atom. The van der Waals surface area contributed by atoms with Gasteiger partial charge in [-0.05, 0) is 19.3 Å². The first-order valence-electron chi connectivity index (χ1n) is 4.16. The average molecular weight is 181 g/mol. The highest BCUT2D eigenvalue weighted by Crippen LogP contribution is 2.28. The number of hydrogen-bond donors (Lipinski definition) is 0. The monoisotopic (exact) mass is 181 g/mol. The largest absolute Gasteiger partial charge is 0.293 e. The third-order valence-corrected chi connectivity index (χ3v) is 3.19. The number of ketones is 1. The molecule has 1 aromatic rings. The maximum atomic E-state index is 11.5. The van der Waals surface area contributed by atoms with E-state index in [1.807, 2.05) is 6.92 Å². The van der Waals surface area contributed by atoms with Gasteiger partial charge in [-0.3, -0.25) is 4.79 Å². The van der Waals surface area contributed by atoms with Crippen molar-refractivity contribution >= 4 is 17.1 Å². The number of Topliss-reactive ketones (excluding diaryl/α,β-unsaturated/α-hetero) is 1. The van der Waals surface area contributed by atoms with Crippen molar-refractivity contribution < 1.29 is 4.79 Å². The van der Waals surface area contributed by atoms with Crippen LogP contribution in [0.3, 0.4) is 0 Å². The van der Waals surface area contributed by atoms with Crippen LogP contribution in [0.15, 0.2) is 0 Å². The topological polar surface area (TPSA) is 30.0 Å². The van der Waals surface area contributed by atoms with Crippen molar-refractivity contribution in [2.75, 3.05) is 0 Å². The predicted molar refractivity (Wildman–Crippen MR) is 48.7 cm³/mol. The maximum Gasteiger partial charge on any atom is 0.174 e. The fourth-order valence-corrected chi connectivity index (χ4v) is 2.53.